The Labute approximate surface area is 205 Å². The van der Waals surface area contributed by atoms with Gasteiger partial charge in [0.05, 0.1) is 21.0 Å². The van der Waals surface area contributed by atoms with Crippen molar-refractivity contribution in [3.8, 4) is 0 Å². The van der Waals surface area contributed by atoms with Gasteiger partial charge in [0.25, 0.3) is 0 Å². The molecule has 8 nitrogen and oxygen atoms in total. The first-order valence-corrected chi connectivity index (χ1v) is 13.3. The molecule has 0 unspecified atom stereocenters. The molecule has 0 saturated heterocycles. The Balaban J connectivity index is 2.06. The molecule has 0 heterocycles. The summed E-state index contributed by atoms with van der Waals surface area (Å²) < 4.78 is 67.6. The highest BCUT2D eigenvalue weighted by Crippen LogP contribution is 2.60. The van der Waals surface area contributed by atoms with E-state index in [9.17, 15) is 26.6 Å². The van der Waals surface area contributed by atoms with Crippen molar-refractivity contribution in [2.24, 2.45) is 5.73 Å². The van der Waals surface area contributed by atoms with Crippen molar-refractivity contribution in [1.29, 1.82) is 0 Å². The molecule has 3 rings (SSSR count). The van der Waals surface area contributed by atoms with Gasteiger partial charge in [-0.25, -0.2) is 8.42 Å². The lowest BCUT2D eigenvalue weighted by molar-refractivity contribution is 0.0565. The van der Waals surface area contributed by atoms with Gasteiger partial charge < -0.3 is 15.5 Å². The van der Waals surface area contributed by atoms with Gasteiger partial charge in [-0.3, -0.25) is 9.36 Å². The first-order chi connectivity index (χ1) is 16.2. The molecule has 0 saturated carbocycles. The summed E-state index contributed by atoms with van der Waals surface area (Å²) in [5, 5.41) is -0.648. The first-order valence-electron chi connectivity index (χ1n) is 9.90. The Bertz CT molecular complexity index is 1400. The van der Waals surface area contributed by atoms with E-state index < -0.39 is 39.8 Å². The number of carbonyl (C=O) groups excluding carboxylic acids is 1. The summed E-state index contributed by atoms with van der Waals surface area (Å²) >= 11 is 5.91. The maximum absolute atomic E-state index is 14.1. The molecule has 0 spiro atoms. The molecule has 13 heteroatoms. The molecule has 0 radical (unpaired) electrons. The fraction of sp³-hybridized carbons (Fsp3) is 0.136. The minimum atomic E-state index is -5.86. The molecule has 0 aromatic heterocycles. The molecule has 0 atom stereocenters. The van der Waals surface area contributed by atoms with E-state index in [1.54, 1.807) is 30.3 Å². The second-order valence-electron chi connectivity index (χ2n) is 7.52. The van der Waals surface area contributed by atoms with Crippen LogP contribution < -0.4 is 5.73 Å². The lowest BCUT2D eigenvalue weighted by atomic mass is 10.1. The van der Waals surface area contributed by atoms with E-state index in [-0.39, 0.29) is 29.1 Å². The second kappa shape index (κ2) is 10.1. The number of hydrogen-bond acceptors (Lipinski definition) is 4. The third-order valence-corrected chi connectivity index (χ3v) is 8.19. The molecule has 0 fully saturated rings. The highest BCUT2D eigenvalue weighted by Gasteiger charge is 2.51. The van der Waals surface area contributed by atoms with Gasteiger partial charge in [-0.2, -0.15) is 13.1 Å². The number of nitrogens with two attached hydrogens (primary N) is 1. The first kappa shape index (κ1) is 26.9. The van der Waals surface area contributed by atoms with Gasteiger partial charge in [0.15, 0.2) is 0 Å². The van der Waals surface area contributed by atoms with Crippen molar-refractivity contribution in [1.82, 2.24) is 4.31 Å². The number of nitrogens with zero attached hydrogens (tertiary/aromatic N) is 1. The number of benzene rings is 3. The van der Waals surface area contributed by atoms with Gasteiger partial charge in [0.2, 0.25) is 15.9 Å². The Morgan fingerprint density at radius 3 is 2.11 bits per heavy atom. The third-order valence-electron chi connectivity index (χ3n) is 5.05. The Hall–Kier alpha value is -2.66. The predicted octanol–water partition coefficient (Wildman–Crippen LogP) is 4.06. The Kier molecular flexibility index (Phi) is 7.80. The Morgan fingerprint density at radius 2 is 1.54 bits per heavy atom. The maximum Gasteiger partial charge on any atom is 0.399 e. The molecule has 4 N–H and O–H groups in total. The van der Waals surface area contributed by atoms with Gasteiger partial charge in [-0.1, -0.05) is 66.2 Å². The van der Waals surface area contributed by atoms with E-state index in [0.717, 1.165) is 22.5 Å². The van der Waals surface area contributed by atoms with E-state index in [4.69, 9.17) is 27.1 Å². The SMILES string of the molecule is NC(=O)c1ccccc1S(=O)(=O)N(Cc1ccccc1)Cc1ccc(C(F)(F)P(=O)(O)O)c(Cl)c1. The molecular formula is C22H20ClF2N2O6PS. The number of primary amides is 1. The number of sulfonamides is 1. The number of amides is 1. The van der Waals surface area contributed by atoms with Crippen LogP contribution in [0.15, 0.2) is 77.7 Å². The van der Waals surface area contributed by atoms with Crippen LogP contribution in [0.25, 0.3) is 0 Å². The monoisotopic (exact) mass is 544 g/mol. The fourth-order valence-corrected chi connectivity index (χ4v) is 5.82. The highest BCUT2D eigenvalue weighted by atomic mass is 35.5. The van der Waals surface area contributed by atoms with Gasteiger partial charge >= 0.3 is 13.3 Å². The Morgan fingerprint density at radius 1 is 0.971 bits per heavy atom. The van der Waals surface area contributed by atoms with E-state index in [1.165, 1.54) is 24.3 Å². The largest absolute Gasteiger partial charge is 0.399 e. The maximum atomic E-state index is 14.1. The van der Waals surface area contributed by atoms with Gasteiger partial charge in [-0.05, 0) is 29.3 Å². The number of hydrogen-bond donors (Lipinski definition) is 3. The minimum Gasteiger partial charge on any atom is -0.366 e. The topological polar surface area (TPSA) is 138 Å². The highest BCUT2D eigenvalue weighted by molar-refractivity contribution is 7.89. The molecule has 0 aliphatic carbocycles. The normalized spacial score (nSPS) is 12.6. The van der Waals surface area contributed by atoms with Crippen molar-refractivity contribution in [3.63, 3.8) is 0 Å². The van der Waals surface area contributed by atoms with Gasteiger partial charge in [0, 0.05) is 13.1 Å². The average Bonchev–Trinajstić information content (AvgIpc) is 2.78. The molecule has 35 heavy (non-hydrogen) atoms. The number of rotatable bonds is 9. The summed E-state index contributed by atoms with van der Waals surface area (Å²) in [5.74, 6) is -0.948. The lowest BCUT2D eigenvalue weighted by Crippen LogP contribution is -2.32. The quantitative estimate of drug-likeness (QED) is 0.347. The van der Waals surface area contributed by atoms with E-state index in [2.05, 4.69) is 0 Å². The van der Waals surface area contributed by atoms with E-state index in [1.807, 2.05) is 0 Å². The summed E-state index contributed by atoms with van der Waals surface area (Å²) in [7, 11) is -10.2. The zero-order valence-corrected chi connectivity index (χ0v) is 20.4. The van der Waals surface area contributed by atoms with Gasteiger partial charge in [-0.15, -0.1) is 0 Å². The summed E-state index contributed by atoms with van der Waals surface area (Å²) in [5.41, 5.74) is 0.277. The molecule has 0 aliphatic rings. The third kappa shape index (κ3) is 5.78. The number of halogens is 3. The molecule has 3 aromatic rings. The van der Waals surface area contributed by atoms with Crippen molar-refractivity contribution in [2.75, 3.05) is 0 Å². The van der Waals surface area contributed by atoms with Crippen LogP contribution in [0.3, 0.4) is 0 Å². The number of carbonyl (C=O) groups is 1. The van der Waals surface area contributed by atoms with Crippen molar-refractivity contribution in [2.45, 2.75) is 23.6 Å². The van der Waals surface area contributed by atoms with E-state index >= 15 is 0 Å². The van der Waals surface area contributed by atoms with Crippen LogP contribution in [0.1, 0.15) is 27.0 Å². The van der Waals surface area contributed by atoms with Crippen molar-refractivity contribution < 1.29 is 36.3 Å². The molecule has 0 bridgehead atoms. The van der Waals surface area contributed by atoms with Crippen LogP contribution in [0, 0.1) is 0 Å². The standard InChI is InChI=1S/C22H20ClF2N2O6PS/c23-19-12-16(10-11-18(19)22(24,25)34(29,30)31)14-27(13-15-6-2-1-3-7-15)35(32,33)20-9-5-4-8-17(20)21(26)28/h1-12H,13-14H2,(H2,26,28)(H2,29,30,31). The summed E-state index contributed by atoms with van der Waals surface area (Å²) in [6.07, 6.45) is 0. The molecule has 186 valence electrons. The number of alkyl halides is 2. The minimum absolute atomic E-state index is 0.145. The summed E-state index contributed by atoms with van der Waals surface area (Å²) in [6, 6.07) is 16.7. The second-order valence-corrected chi connectivity index (χ2v) is 11.5. The van der Waals surface area contributed by atoms with Crippen LogP contribution in [0.4, 0.5) is 8.78 Å². The van der Waals surface area contributed by atoms with Crippen molar-refractivity contribution >= 4 is 35.1 Å². The van der Waals surface area contributed by atoms with Crippen LogP contribution in [0.2, 0.25) is 5.02 Å². The van der Waals surface area contributed by atoms with Crippen LogP contribution in [-0.4, -0.2) is 28.4 Å². The van der Waals surface area contributed by atoms with E-state index in [0.29, 0.717) is 5.56 Å². The molecule has 1 amide bonds. The van der Waals surface area contributed by atoms with Crippen LogP contribution >= 0.6 is 19.2 Å². The average molecular weight is 545 g/mol. The molecule has 3 aromatic carbocycles. The van der Waals surface area contributed by atoms with Crippen molar-refractivity contribution in [3.05, 3.63) is 100 Å². The van der Waals surface area contributed by atoms with Gasteiger partial charge in [0.1, 0.15) is 0 Å². The predicted molar refractivity (Wildman–Crippen MR) is 125 cm³/mol. The smallest absolute Gasteiger partial charge is 0.366 e. The zero-order valence-electron chi connectivity index (χ0n) is 17.9. The molecule has 0 aliphatic heterocycles. The van der Waals surface area contributed by atoms with Crippen LogP contribution in [0.5, 0.6) is 0 Å². The summed E-state index contributed by atoms with van der Waals surface area (Å²) in [4.78, 5) is 29.5. The molecular weight excluding hydrogens is 525 g/mol. The summed E-state index contributed by atoms with van der Waals surface area (Å²) in [6.45, 7) is -0.500. The van der Waals surface area contributed by atoms with Crippen LogP contribution in [-0.2, 0) is 33.3 Å². The fourth-order valence-electron chi connectivity index (χ4n) is 3.31. The lowest BCUT2D eigenvalue weighted by Gasteiger charge is -2.24. The zero-order chi connectivity index (χ0) is 26.0.